The van der Waals surface area contributed by atoms with Gasteiger partial charge in [-0.3, -0.25) is 4.79 Å². The fourth-order valence-corrected chi connectivity index (χ4v) is 2.56. The van der Waals surface area contributed by atoms with Gasteiger partial charge < -0.3 is 14.2 Å². The monoisotopic (exact) mass is 434 g/mol. The van der Waals surface area contributed by atoms with Crippen molar-refractivity contribution in [1.29, 1.82) is 0 Å². The Hall–Kier alpha value is -2.54. The van der Waals surface area contributed by atoms with Gasteiger partial charge in [-0.05, 0) is 50.6 Å². The molecule has 0 radical (unpaired) electrons. The second kappa shape index (κ2) is 10.6. The van der Waals surface area contributed by atoms with E-state index in [9.17, 15) is 4.79 Å². The highest BCUT2D eigenvalue weighted by Crippen LogP contribution is 2.39. The third kappa shape index (κ3) is 5.99. The van der Waals surface area contributed by atoms with Gasteiger partial charge in [0.1, 0.15) is 0 Å². The molecule has 0 aliphatic carbocycles. The van der Waals surface area contributed by atoms with E-state index in [2.05, 4.69) is 26.5 Å². The molecule has 1 amide bonds. The molecule has 0 spiro atoms. The van der Waals surface area contributed by atoms with Gasteiger partial charge in [-0.1, -0.05) is 28.1 Å². The first-order valence-corrected chi connectivity index (χ1v) is 9.53. The van der Waals surface area contributed by atoms with Crippen LogP contribution in [0.3, 0.4) is 0 Å². The number of rotatable bonds is 9. The molecule has 2 aromatic carbocycles. The van der Waals surface area contributed by atoms with Crippen LogP contribution in [0.1, 0.15) is 36.7 Å². The lowest BCUT2D eigenvalue weighted by molar-refractivity contribution is 0.0954. The summed E-state index contributed by atoms with van der Waals surface area (Å²) >= 11 is 3.37. The lowest BCUT2D eigenvalue weighted by Crippen LogP contribution is -2.18. The number of ether oxygens (including phenoxy) is 3. The highest BCUT2D eigenvalue weighted by molar-refractivity contribution is 9.10. The van der Waals surface area contributed by atoms with Gasteiger partial charge in [0, 0.05) is 10.0 Å². The number of carbonyl (C=O) groups is 1. The van der Waals surface area contributed by atoms with Gasteiger partial charge in [0.25, 0.3) is 5.91 Å². The highest BCUT2D eigenvalue weighted by atomic mass is 79.9. The molecule has 0 unspecified atom stereocenters. The van der Waals surface area contributed by atoms with Crippen molar-refractivity contribution in [3.8, 4) is 17.2 Å². The van der Waals surface area contributed by atoms with Crippen LogP contribution in [0.25, 0.3) is 0 Å². The molecule has 1 N–H and O–H groups in total. The highest BCUT2D eigenvalue weighted by Gasteiger charge is 2.18. The summed E-state index contributed by atoms with van der Waals surface area (Å²) in [6.45, 7) is 6.96. The van der Waals surface area contributed by atoms with Crippen molar-refractivity contribution in [2.24, 2.45) is 5.10 Å². The van der Waals surface area contributed by atoms with Gasteiger partial charge in [0.15, 0.2) is 11.5 Å². The number of nitrogens with zero attached hydrogens (tertiary/aromatic N) is 1. The van der Waals surface area contributed by atoms with Crippen LogP contribution in [-0.4, -0.2) is 31.9 Å². The number of benzene rings is 2. The van der Waals surface area contributed by atoms with E-state index in [1.807, 2.05) is 45.0 Å². The van der Waals surface area contributed by atoms with Gasteiger partial charge in [-0.2, -0.15) is 5.10 Å². The maximum absolute atomic E-state index is 12.5. The molecule has 2 aromatic rings. The Balaban J connectivity index is 2.21. The Morgan fingerprint density at radius 1 is 1.00 bits per heavy atom. The molecule has 2 rings (SSSR count). The molecule has 144 valence electrons. The molecule has 0 bridgehead atoms. The van der Waals surface area contributed by atoms with E-state index < -0.39 is 0 Å². The lowest BCUT2D eigenvalue weighted by atomic mass is 10.1. The number of hydrazone groups is 1. The van der Waals surface area contributed by atoms with Crippen molar-refractivity contribution in [2.45, 2.75) is 20.8 Å². The van der Waals surface area contributed by atoms with Crippen molar-refractivity contribution in [2.75, 3.05) is 19.8 Å². The largest absolute Gasteiger partial charge is 0.490 e. The van der Waals surface area contributed by atoms with Gasteiger partial charge in [-0.25, -0.2) is 5.43 Å². The quantitative estimate of drug-likeness (QED) is 0.468. The normalized spacial score (nSPS) is 10.7. The van der Waals surface area contributed by atoms with Crippen LogP contribution < -0.4 is 19.6 Å². The van der Waals surface area contributed by atoms with Crippen molar-refractivity contribution in [3.05, 3.63) is 52.0 Å². The summed E-state index contributed by atoms with van der Waals surface area (Å²) in [4.78, 5) is 12.5. The Labute approximate surface area is 167 Å². The van der Waals surface area contributed by atoms with Gasteiger partial charge in [0.05, 0.1) is 26.0 Å². The maximum Gasteiger partial charge on any atom is 0.271 e. The van der Waals surface area contributed by atoms with Crippen LogP contribution in [-0.2, 0) is 0 Å². The third-order valence-corrected chi connectivity index (χ3v) is 3.95. The van der Waals surface area contributed by atoms with E-state index >= 15 is 0 Å². The fraction of sp³-hybridized carbons (Fsp3) is 0.300. The van der Waals surface area contributed by atoms with Crippen molar-refractivity contribution in [1.82, 2.24) is 5.43 Å². The molecular weight excluding hydrogens is 412 g/mol. The average molecular weight is 435 g/mol. The molecule has 0 aliphatic heterocycles. The molecular formula is C20H23BrN2O4. The van der Waals surface area contributed by atoms with Crippen molar-refractivity contribution < 1.29 is 19.0 Å². The van der Waals surface area contributed by atoms with E-state index in [1.54, 1.807) is 18.3 Å². The minimum absolute atomic E-state index is 0.367. The molecule has 0 aromatic heterocycles. The predicted octanol–water partition coefficient (Wildman–Crippen LogP) is 4.41. The fourth-order valence-electron chi connectivity index (χ4n) is 2.30. The molecule has 6 nitrogen and oxygen atoms in total. The minimum atomic E-state index is -0.367. The Bertz CT molecular complexity index is 764. The number of hydrogen-bond acceptors (Lipinski definition) is 5. The summed E-state index contributed by atoms with van der Waals surface area (Å²) in [5.74, 6) is 1.06. The van der Waals surface area contributed by atoms with E-state index in [4.69, 9.17) is 14.2 Å². The number of amides is 1. The van der Waals surface area contributed by atoms with Gasteiger partial charge in [0.2, 0.25) is 5.75 Å². The number of carbonyl (C=O) groups excluding carboxylic acids is 1. The van der Waals surface area contributed by atoms with Crippen LogP contribution in [0.5, 0.6) is 17.2 Å². The van der Waals surface area contributed by atoms with Crippen LogP contribution in [0.2, 0.25) is 0 Å². The summed E-state index contributed by atoms with van der Waals surface area (Å²) in [7, 11) is 0. The molecule has 0 saturated heterocycles. The number of hydrogen-bond donors (Lipinski definition) is 1. The summed E-state index contributed by atoms with van der Waals surface area (Å²) in [5, 5.41) is 4.00. The predicted molar refractivity (Wildman–Crippen MR) is 109 cm³/mol. The molecule has 0 fully saturated rings. The zero-order valence-corrected chi connectivity index (χ0v) is 17.2. The molecule has 27 heavy (non-hydrogen) atoms. The van der Waals surface area contributed by atoms with Crippen LogP contribution in [0.4, 0.5) is 0 Å². The van der Waals surface area contributed by atoms with Crippen LogP contribution in [0.15, 0.2) is 46.0 Å². The average Bonchev–Trinajstić information content (AvgIpc) is 2.66. The van der Waals surface area contributed by atoms with Crippen LogP contribution >= 0.6 is 15.9 Å². The molecule has 0 saturated carbocycles. The Kier molecular flexibility index (Phi) is 8.13. The zero-order chi connectivity index (χ0) is 19.6. The third-order valence-electron chi connectivity index (χ3n) is 3.42. The van der Waals surface area contributed by atoms with Crippen LogP contribution in [0, 0.1) is 0 Å². The van der Waals surface area contributed by atoms with E-state index in [0.29, 0.717) is 42.6 Å². The van der Waals surface area contributed by atoms with Gasteiger partial charge in [-0.15, -0.1) is 0 Å². The first-order valence-electron chi connectivity index (χ1n) is 8.74. The maximum atomic E-state index is 12.5. The number of nitrogens with one attached hydrogen (secondary N) is 1. The number of halogens is 1. The Morgan fingerprint density at radius 3 is 2.07 bits per heavy atom. The van der Waals surface area contributed by atoms with Crippen molar-refractivity contribution in [3.63, 3.8) is 0 Å². The molecule has 0 atom stereocenters. The summed E-state index contributed by atoms with van der Waals surface area (Å²) < 4.78 is 17.9. The van der Waals surface area contributed by atoms with E-state index in [0.717, 1.165) is 10.0 Å². The van der Waals surface area contributed by atoms with Crippen molar-refractivity contribution >= 4 is 28.1 Å². The van der Waals surface area contributed by atoms with E-state index in [-0.39, 0.29) is 5.91 Å². The standard InChI is InChI=1S/C20H23BrN2O4/c1-4-25-17-11-15(12-18(26-5-2)19(17)27-6-3)20(24)23-22-13-14-7-9-16(21)10-8-14/h7-13H,4-6H2,1-3H3,(H,23,24). The van der Waals surface area contributed by atoms with E-state index in [1.165, 1.54) is 0 Å². The second-order valence-electron chi connectivity index (χ2n) is 5.35. The summed E-state index contributed by atoms with van der Waals surface area (Å²) in [5.41, 5.74) is 3.76. The summed E-state index contributed by atoms with van der Waals surface area (Å²) in [6.07, 6.45) is 1.58. The van der Waals surface area contributed by atoms with Gasteiger partial charge >= 0.3 is 0 Å². The second-order valence-corrected chi connectivity index (χ2v) is 6.27. The SMILES string of the molecule is CCOc1cc(C(=O)NN=Cc2ccc(Br)cc2)cc(OCC)c1OCC. The molecule has 0 heterocycles. The smallest absolute Gasteiger partial charge is 0.271 e. The minimum Gasteiger partial charge on any atom is -0.490 e. The first-order chi connectivity index (χ1) is 13.1. The lowest BCUT2D eigenvalue weighted by Gasteiger charge is -2.16. The molecule has 7 heteroatoms. The topological polar surface area (TPSA) is 69.2 Å². The summed E-state index contributed by atoms with van der Waals surface area (Å²) in [6, 6.07) is 10.8. The Morgan fingerprint density at radius 2 is 1.56 bits per heavy atom. The first kappa shape index (κ1) is 20.8. The zero-order valence-electron chi connectivity index (χ0n) is 15.6. The molecule has 0 aliphatic rings.